The molecule has 4 heteroatoms. The Kier molecular flexibility index (Phi) is 4.41. The average molecular weight is 351 g/mol. The summed E-state index contributed by atoms with van der Waals surface area (Å²) in [5, 5.41) is 0.640. The third kappa shape index (κ3) is 2.67. The first-order valence-electron chi connectivity index (χ1n) is 5.94. The summed E-state index contributed by atoms with van der Waals surface area (Å²) < 4.78 is 1.06. The maximum absolute atomic E-state index is 6.17. The summed E-state index contributed by atoms with van der Waals surface area (Å²) in [7, 11) is 0. The van der Waals surface area contributed by atoms with Crippen LogP contribution in [-0.4, -0.2) is 9.97 Å². The molecule has 0 unspecified atom stereocenters. The molecule has 0 saturated heterocycles. The Balaban J connectivity index is 2.33. The van der Waals surface area contributed by atoms with Crippen LogP contribution in [0.5, 0.6) is 0 Å². The van der Waals surface area contributed by atoms with E-state index in [1.54, 1.807) is 0 Å². The van der Waals surface area contributed by atoms with Gasteiger partial charge in [0.1, 0.15) is 11.0 Å². The molecule has 1 aromatic heterocycles. The minimum absolute atomic E-state index is 0.614. The van der Waals surface area contributed by atoms with E-state index in [1.165, 1.54) is 31.4 Å². The van der Waals surface area contributed by atoms with E-state index >= 15 is 0 Å². The van der Waals surface area contributed by atoms with Gasteiger partial charge in [0.05, 0.1) is 9.26 Å². The fourth-order valence-electron chi connectivity index (χ4n) is 2.29. The van der Waals surface area contributed by atoms with Crippen molar-refractivity contribution in [1.82, 2.24) is 9.97 Å². The highest BCUT2D eigenvalue weighted by Gasteiger charge is 2.23. The van der Waals surface area contributed by atoms with Crippen molar-refractivity contribution in [2.75, 3.05) is 0 Å². The summed E-state index contributed by atoms with van der Waals surface area (Å²) in [5.74, 6) is 1.53. The van der Waals surface area contributed by atoms with Crippen LogP contribution < -0.4 is 0 Å². The minimum atomic E-state index is 0.614. The maximum atomic E-state index is 6.17. The van der Waals surface area contributed by atoms with Crippen LogP contribution in [0.1, 0.15) is 56.5 Å². The highest BCUT2D eigenvalue weighted by atomic mass is 127. The third-order valence-corrected chi connectivity index (χ3v) is 4.75. The van der Waals surface area contributed by atoms with Gasteiger partial charge in [-0.1, -0.05) is 31.4 Å². The first-order valence-corrected chi connectivity index (χ1v) is 7.39. The van der Waals surface area contributed by atoms with E-state index in [0.29, 0.717) is 11.1 Å². The molecule has 0 aromatic carbocycles. The standard InChI is InChI=1S/C12H16ClIN2/c1-2-5-9-15-11(8-6-3-4-7-8)10(14)12(13)16-9/h8H,2-7H2,1H3. The Morgan fingerprint density at radius 2 is 2.00 bits per heavy atom. The molecular weight excluding hydrogens is 335 g/mol. The second kappa shape index (κ2) is 5.63. The molecular formula is C12H16ClIN2. The molecule has 0 radical (unpaired) electrons. The van der Waals surface area contributed by atoms with Gasteiger partial charge in [0, 0.05) is 12.3 Å². The zero-order chi connectivity index (χ0) is 11.5. The number of aryl methyl sites for hydroxylation is 1. The predicted molar refractivity (Wildman–Crippen MR) is 75.0 cm³/mol. The molecule has 1 aromatic rings. The number of hydrogen-bond acceptors (Lipinski definition) is 2. The molecule has 16 heavy (non-hydrogen) atoms. The van der Waals surface area contributed by atoms with Gasteiger partial charge in [-0.3, -0.25) is 0 Å². The largest absolute Gasteiger partial charge is 0.236 e. The Hall–Kier alpha value is 0.1000. The first kappa shape index (κ1) is 12.6. The summed E-state index contributed by atoms with van der Waals surface area (Å²) in [6, 6.07) is 0. The Morgan fingerprint density at radius 1 is 1.31 bits per heavy atom. The zero-order valence-corrected chi connectivity index (χ0v) is 12.4. The Morgan fingerprint density at radius 3 is 2.62 bits per heavy atom. The van der Waals surface area contributed by atoms with Crippen molar-refractivity contribution in [3.05, 3.63) is 20.2 Å². The molecule has 2 rings (SSSR count). The van der Waals surface area contributed by atoms with Gasteiger partial charge in [0.2, 0.25) is 0 Å². The molecule has 88 valence electrons. The van der Waals surface area contributed by atoms with Crippen molar-refractivity contribution in [2.45, 2.75) is 51.4 Å². The number of halogens is 2. The van der Waals surface area contributed by atoms with Crippen molar-refractivity contribution in [2.24, 2.45) is 0 Å². The molecule has 1 aliphatic rings. The van der Waals surface area contributed by atoms with E-state index in [9.17, 15) is 0 Å². The van der Waals surface area contributed by atoms with Gasteiger partial charge in [-0.05, 0) is 41.9 Å². The van der Waals surface area contributed by atoms with Crippen LogP contribution in [0.25, 0.3) is 0 Å². The lowest BCUT2D eigenvalue weighted by Crippen LogP contribution is -2.06. The van der Waals surface area contributed by atoms with Gasteiger partial charge < -0.3 is 0 Å². The molecule has 0 aliphatic heterocycles. The molecule has 0 spiro atoms. The Labute approximate surface area is 115 Å². The van der Waals surface area contributed by atoms with E-state index in [-0.39, 0.29) is 0 Å². The summed E-state index contributed by atoms with van der Waals surface area (Å²) in [6.45, 7) is 2.14. The van der Waals surface area contributed by atoms with E-state index in [0.717, 1.165) is 22.2 Å². The first-order chi connectivity index (χ1) is 7.72. The molecule has 0 N–H and O–H groups in total. The molecule has 0 bridgehead atoms. The van der Waals surface area contributed by atoms with Crippen LogP contribution in [-0.2, 0) is 6.42 Å². The smallest absolute Gasteiger partial charge is 0.146 e. The quantitative estimate of drug-likeness (QED) is 0.598. The SMILES string of the molecule is CCCc1nc(Cl)c(I)c(C2CCCC2)n1. The fourth-order valence-corrected chi connectivity index (χ4v) is 3.16. The summed E-state index contributed by atoms with van der Waals surface area (Å²) in [6.07, 6.45) is 7.16. The summed E-state index contributed by atoms with van der Waals surface area (Å²) >= 11 is 8.46. The Bertz CT molecular complexity index is 376. The molecule has 0 amide bonds. The van der Waals surface area contributed by atoms with Gasteiger partial charge in [0.25, 0.3) is 0 Å². The molecule has 1 fully saturated rings. The van der Waals surface area contributed by atoms with Crippen LogP contribution in [0, 0.1) is 3.57 Å². The topological polar surface area (TPSA) is 25.8 Å². The second-order valence-electron chi connectivity index (χ2n) is 4.36. The van der Waals surface area contributed by atoms with Crippen LogP contribution in [0.3, 0.4) is 0 Å². The lowest BCUT2D eigenvalue weighted by Gasteiger charge is -2.13. The number of rotatable bonds is 3. The van der Waals surface area contributed by atoms with E-state index in [2.05, 4.69) is 34.5 Å². The lowest BCUT2D eigenvalue weighted by molar-refractivity contribution is 0.674. The molecule has 1 saturated carbocycles. The molecule has 1 aliphatic carbocycles. The zero-order valence-electron chi connectivity index (χ0n) is 9.47. The summed E-state index contributed by atoms with van der Waals surface area (Å²) in [5.41, 5.74) is 1.20. The number of aromatic nitrogens is 2. The molecule has 0 atom stereocenters. The van der Waals surface area contributed by atoms with Crippen molar-refractivity contribution >= 4 is 34.2 Å². The van der Waals surface area contributed by atoms with Crippen molar-refractivity contribution in [3.63, 3.8) is 0 Å². The minimum Gasteiger partial charge on any atom is -0.236 e. The van der Waals surface area contributed by atoms with Gasteiger partial charge in [-0.15, -0.1) is 0 Å². The number of hydrogen-bond donors (Lipinski definition) is 0. The van der Waals surface area contributed by atoms with Gasteiger partial charge in [-0.2, -0.15) is 0 Å². The van der Waals surface area contributed by atoms with E-state index in [1.807, 2.05) is 0 Å². The van der Waals surface area contributed by atoms with E-state index in [4.69, 9.17) is 16.6 Å². The fraction of sp³-hybridized carbons (Fsp3) is 0.667. The van der Waals surface area contributed by atoms with Crippen LogP contribution >= 0.6 is 34.2 Å². The normalized spacial score (nSPS) is 16.9. The highest BCUT2D eigenvalue weighted by Crippen LogP contribution is 2.36. The van der Waals surface area contributed by atoms with Crippen molar-refractivity contribution in [1.29, 1.82) is 0 Å². The average Bonchev–Trinajstić information content (AvgIpc) is 2.76. The van der Waals surface area contributed by atoms with Gasteiger partial charge in [0.15, 0.2) is 0 Å². The second-order valence-corrected chi connectivity index (χ2v) is 5.80. The molecule has 1 heterocycles. The summed E-state index contributed by atoms with van der Waals surface area (Å²) in [4.78, 5) is 9.04. The number of nitrogens with zero attached hydrogens (tertiary/aromatic N) is 2. The predicted octanol–water partition coefficient (Wildman–Crippen LogP) is 4.34. The van der Waals surface area contributed by atoms with Crippen LogP contribution in [0.4, 0.5) is 0 Å². The van der Waals surface area contributed by atoms with Crippen molar-refractivity contribution in [3.8, 4) is 0 Å². The lowest BCUT2D eigenvalue weighted by atomic mass is 10.0. The maximum Gasteiger partial charge on any atom is 0.146 e. The van der Waals surface area contributed by atoms with Gasteiger partial charge >= 0.3 is 0 Å². The monoisotopic (exact) mass is 350 g/mol. The highest BCUT2D eigenvalue weighted by molar-refractivity contribution is 14.1. The van der Waals surface area contributed by atoms with E-state index < -0.39 is 0 Å². The van der Waals surface area contributed by atoms with Crippen LogP contribution in [0.2, 0.25) is 5.15 Å². The van der Waals surface area contributed by atoms with Gasteiger partial charge in [-0.25, -0.2) is 9.97 Å². The van der Waals surface area contributed by atoms with Crippen LogP contribution in [0.15, 0.2) is 0 Å². The van der Waals surface area contributed by atoms with Crippen molar-refractivity contribution < 1.29 is 0 Å². The third-order valence-electron chi connectivity index (χ3n) is 3.10. The molecule has 2 nitrogen and oxygen atoms in total.